The molecule has 1 fully saturated rings. The molecule has 1 aromatic rings. The number of ether oxygens (including phenoxy) is 1. The van der Waals surface area contributed by atoms with Crippen LogP contribution >= 0.6 is 0 Å². The number of ketones is 1. The molecule has 0 aliphatic heterocycles. The molecule has 1 heterocycles. The fraction of sp³-hybridized carbons (Fsp3) is 0.467. The average molecular weight is 262 g/mol. The Morgan fingerprint density at radius 3 is 2.63 bits per heavy atom. The molecule has 102 valence electrons. The summed E-state index contributed by atoms with van der Waals surface area (Å²) in [6, 6.07) is 1.72. The molecule has 0 radical (unpaired) electrons. The molecule has 4 nitrogen and oxygen atoms in total. The van der Waals surface area contributed by atoms with E-state index in [0.717, 1.165) is 18.4 Å². The van der Waals surface area contributed by atoms with Gasteiger partial charge in [0.1, 0.15) is 11.5 Å². The van der Waals surface area contributed by atoms with Crippen LogP contribution in [0.3, 0.4) is 0 Å². The van der Waals surface area contributed by atoms with Gasteiger partial charge in [0.05, 0.1) is 12.2 Å². The molecule has 1 aromatic heterocycles. The Morgan fingerprint density at radius 2 is 2.16 bits per heavy atom. The van der Waals surface area contributed by atoms with Crippen molar-refractivity contribution in [3.8, 4) is 0 Å². The zero-order valence-electron chi connectivity index (χ0n) is 11.5. The Balaban J connectivity index is 2.32. The van der Waals surface area contributed by atoms with Crippen molar-refractivity contribution in [1.82, 2.24) is 0 Å². The third-order valence-electron chi connectivity index (χ3n) is 3.16. The SMILES string of the molecule is CCOC(=O)/C=C(\c1cc(C(C)=O)c(C)o1)C1CC1. The minimum atomic E-state index is -0.358. The molecule has 0 saturated heterocycles. The molecule has 0 atom stereocenters. The van der Waals surface area contributed by atoms with Gasteiger partial charge in [-0.1, -0.05) is 0 Å². The number of furan rings is 1. The van der Waals surface area contributed by atoms with E-state index in [-0.39, 0.29) is 11.8 Å². The number of aryl methyl sites for hydroxylation is 1. The molecule has 0 N–H and O–H groups in total. The second-order valence-electron chi connectivity index (χ2n) is 4.76. The maximum atomic E-state index is 11.6. The summed E-state index contributed by atoms with van der Waals surface area (Å²) >= 11 is 0. The predicted octanol–water partition coefficient (Wildman–Crippen LogP) is 3.15. The van der Waals surface area contributed by atoms with E-state index >= 15 is 0 Å². The van der Waals surface area contributed by atoms with Crippen molar-refractivity contribution in [3.05, 3.63) is 29.2 Å². The van der Waals surface area contributed by atoms with E-state index < -0.39 is 0 Å². The van der Waals surface area contributed by atoms with Crippen molar-refractivity contribution < 1.29 is 18.7 Å². The van der Waals surface area contributed by atoms with Gasteiger partial charge in [0.15, 0.2) is 5.78 Å². The van der Waals surface area contributed by atoms with E-state index in [1.54, 1.807) is 19.9 Å². The fourth-order valence-electron chi connectivity index (χ4n) is 2.07. The lowest BCUT2D eigenvalue weighted by atomic mass is 10.1. The lowest BCUT2D eigenvalue weighted by molar-refractivity contribution is -0.137. The molecular formula is C15H18O4. The maximum Gasteiger partial charge on any atom is 0.331 e. The zero-order valence-corrected chi connectivity index (χ0v) is 11.5. The van der Waals surface area contributed by atoms with E-state index in [0.29, 0.717) is 29.6 Å². The van der Waals surface area contributed by atoms with Crippen LogP contribution in [0.5, 0.6) is 0 Å². The van der Waals surface area contributed by atoms with Gasteiger partial charge in [-0.25, -0.2) is 4.79 Å². The number of hydrogen-bond donors (Lipinski definition) is 0. The van der Waals surface area contributed by atoms with Crippen molar-refractivity contribution in [1.29, 1.82) is 0 Å². The van der Waals surface area contributed by atoms with Crippen molar-refractivity contribution in [2.45, 2.75) is 33.6 Å². The molecule has 0 bridgehead atoms. The van der Waals surface area contributed by atoms with Gasteiger partial charge < -0.3 is 9.15 Å². The van der Waals surface area contributed by atoms with Gasteiger partial charge in [0.25, 0.3) is 0 Å². The Bertz CT molecular complexity index is 532. The highest BCUT2D eigenvalue weighted by atomic mass is 16.5. The average Bonchev–Trinajstić information content (AvgIpc) is 3.09. The molecule has 0 unspecified atom stereocenters. The number of Topliss-reactive ketones (excluding diaryl/α,β-unsaturated/α-hetero) is 1. The van der Waals surface area contributed by atoms with E-state index in [2.05, 4.69) is 0 Å². The van der Waals surface area contributed by atoms with Crippen molar-refractivity contribution >= 4 is 17.3 Å². The standard InChI is InChI=1S/C15H18O4/c1-4-18-15(17)8-13(11-5-6-11)14-7-12(9(2)16)10(3)19-14/h7-8,11H,4-6H2,1-3H3/b13-8-. The van der Waals surface area contributed by atoms with Crippen LogP contribution in [0.2, 0.25) is 0 Å². The lowest BCUT2D eigenvalue weighted by Crippen LogP contribution is -2.01. The smallest absolute Gasteiger partial charge is 0.331 e. The van der Waals surface area contributed by atoms with Crippen LogP contribution in [-0.2, 0) is 9.53 Å². The van der Waals surface area contributed by atoms with Crippen molar-refractivity contribution in [2.24, 2.45) is 5.92 Å². The summed E-state index contributed by atoms with van der Waals surface area (Å²) < 4.78 is 10.6. The summed E-state index contributed by atoms with van der Waals surface area (Å²) in [4.78, 5) is 23.0. The summed E-state index contributed by atoms with van der Waals surface area (Å²) in [6.07, 6.45) is 3.57. The normalized spacial score (nSPS) is 15.4. The topological polar surface area (TPSA) is 56.5 Å². The zero-order chi connectivity index (χ0) is 14.0. The van der Waals surface area contributed by atoms with Gasteiger partial charge in [-0.15, -0.1) is 0 Å². The number of carbonyl (C=O) groups excluding carboxylic acids is 2. The summed E-state index contributed by atoms with van der Waals surface area (Å²) in [5.41, 5.74) is 1.42. The first kappa shape index (κ1) is 13.6. The Labute approximate surface area is 112 Å². The van der Waals surface area contributed by atoms with Crippen molar-refractivity contribution in [2.75, 3.05) is 6.61 Å². The maximum absolute atomic E-state index is 11.6. The summed E-state index contributed by atoms with van der Waals surface area (Å²) in [5.74, 6) is 1.16. The lowest BCUT2D eigenvalue weighted by Gasteiger charge is -2.02. The van der Waals surface area contributed by atoms with Crippen LogP contribution in [0.25, 0.3) is 5.57 Å². The summed E-state index contributed by atoms with van der Waals surface area (Å²) in [6.45, 7) is 5.39. The molecule has 2 rings (SSSR count). The van der Waals surface area contributed by atoms with E-state index in [1.165, 1.54) is 13.0 Å². The minimum Gasteiger partial charge on any atom is -0.463 e. The highest BCUT2D eigenvalue weighted by Gasteiger charge is 2.30. The van der Waals surface area contributed by atoms with E-state index in [9.17, 15) is 9.59 Å². The number of allylic oxidation sites excluding steroid dienone is 1. The summed E-state index contributed by atoms with van der Waals surface area (Å²) in [7, 11) is 0. The second kappa shape index (κ2) is 5.43. The molecule has 0 amide bonds. The largest absolute Gasteiger partial charge is 0.463 e. The third kappa shape index (κ3) is 3.13. The van der Waals surface area contributed by atoms with Gasteiger partial charge in [0, 0.05) is 11.6 Å². The Hall–Kier alpha value is -1.84. The third-order valence-corrected chi connectivity index (χ3v) is 3.16. The molecule has 1 aliphatic carbocycles. The van der Waals surface area contributed by atoms with Crippen LogP contribution in [0, 0.1) is 12.8 Å². The first-order chi connectivity index (χ1) is 9.02. The van der Waals surface area contributed by atoms with Crippen LogP contribution < -0.4 is 0 Å². The minimum absolute atomic E-state index is 0.0289. The first-order valence-corrected chi connectivity index (χ1v) is 6.53. The molecule has 19 heavy (non-hydrogen) atoms. The van der Waals surface area contributed by atoms with Gasteiger partial charge in [-0.05, 0) is 45.6 Å². The quantitative estimate of drug-likeness (QED) is 0.464. The molecule has 0 spiro atoms. The molecule has 0 aromatic carbocycles. The van der Waals surface area contributed by atoms with Gasteiger partial charge in [0.2, 0.25) is 0 Å². The van der Waals surface area contributed by atoms with Crippen molar-refractivity contribution in [3.63, 3.8) is 0 Å². The fourth-order valence-corrected chi connectivity index (χ4v) is 2.07. The van der Waals surface area contributed by atoms with E-state index in [1.807, 2.05) is 0 Å². The number of esters is 1. The summed E-state index contributed by atoms with van der Waals surface area (Å²) in [5, 5.41) is 0. The second-order valence-corrected chi connectivity index (χ2v) is 4.76. The Kier molecular flexibility index (Phi) is 3.88. The number of hydrogen-bond acceptors (Lipinski definition) is 4. The highest BCUT2D eigenvalue weighted by molar-refractivity contribution is 5.97. The van der Waals surface area contributed by atoms with E-state index in [4.69, 9.17) is 9.15 Å². The Morgan fingerprint density at radius 1 is 1.47 bits per heavy atom. The van der Waals surface area contributed by atoms with Gasteiger partial charge in [-0.2, -0.15) is 0 Å². The molecule has 1 saturated carbocycles. The highest BCUT2D eigenvalue weighted by Crippen LogP contribution is 2.42. The monoisotopic (exact) mass is 262 g/mol. The number of carbonyl (C=O) groups is 2. The molecular weight excluding hydrogens is 244 g/mol. The molecule has 4 heteroatoms. The van der Waals surface area contributed by atoms with Gasteiger partial charge in [-0.3, -0.25) is 4.79 Å². The van der Waals surface area contributed by atoms with Gasteiger partial charge >= 0.3 is 5.97 Å². The van der Waals surface area contributed by atoms with Crippen LogP contribution in [0.15, 0.2) is 16.6 Å². The molecule has 1 aliphatic rings. The number of rotatable bonds is 5. The van der Waals surface area contributed by atoms with Crippen LogP contribution in [0.4, 0.5) is 0 Å². The van der Waals surface area contributed by atoms with Crippen LogP contribution in [-0.4, -0.2) is 18.4 Å². The first-order valence-electron chi connectivity index (χ1n) is 6.53. The predicted molar refractivity (Wildman–Crippen MR) is 70.8 cm³/mol. The van der Waals surface area contributed by atoms with Crippen LogP contribution in [0.1, 0.15) is 48.6 Å².